The van der Waals surface area contributed by atoms with Crippen LogP contribution < -0.4 is 10.1 Å². The van der Waals surface area contributed by atoms with Gasteiger partial charge < -0.3 is 24.3 Å². The number of halogens is 1. The molecule has 1 saturated heterocycles. The van der Waals surface area contributed by atoms with Crippen LogP contribution in [0.15, 0.2) is 30.6 Å². The van der Waals surface area contributed by atoms with Gasteiger partial charge in [-0.2, -0.15) is 14.5 Å². The van der Waals surface area contributed by atoms with Gasteiger partial charge in [-0.05, 0) is 25.0 Å². The Morgan fingerprint density at radius 1 is 1.19 bits per heavy atom. The quantitative estimate of drug-likeness (QED) is 0.335. The van der Waals surface area contributed by atoms with E-state index in [1.54, 1.807) is 12.3 Å². The minimum absolute atomic E-state index is 0.0819. The Labute approximate surface area is 212 Å². The van der Waals surface area contributed by atoms with E-state index in [-0.39, 0.29) is 17.2 Å². The van der Waals surface area contributed by atoms with Crippen molar-refractivity contribution in [1.82, 2.24) is 34.3 Å². The van der Waals surface area contributed by atoms with Gasteiger partial charge in [0.2, 0.25) is 11.9 Å². The number of H-pyrrole nitrogens is 1. The first-order chi connectivity index (χ1) is 17.7. The van der Waals surface area contributed by atoms with Gasteiger partial charge in [-0.3, -0.25) is 4.68 Å². The zero-order chi connectivity index (χ0) is 25.9. The summed E-state index contributed by atoms with van der Waals surface area (Å²) in [6, 6.07) is 5.90. The van der Waals surface area contributed by atoms with Gasteiger partial charge in [0.1, 0.15) is 11.4 Å². The molecule has 0 aliphatic carbocycles. The predicted octanol–water partition coefficient (Wildman–Crippen LogP) is 5.28. The molecule has 6 rings (SSSR count). The monoisotopic (exact) mass is 504 g/mol. The zero-order valence-corrected chi connectivity index (χ0v) is 21.5. The highest BCUT2D eigenvalue weighted by atomic mass is 19.1. The van der Waals surface area contributed by atoms with E-state index in [1.165, 1.54) is 6.20 Å². The lowest BCUT2D eigenvalue weighted by Gasteiger charge is -2.22. The van der Waals surface area contributed by atoms with E-state index < -0.39 is 5.95 Å². The summed E-state index contributed by atoms with van der Waals surface area (Å²) in [6.45, 7) is 9.83. The van der Waals surface area contributed by atoms with Crippen molar-refractivity contribution in [2.75, 3.05) is 18.5 Å². The third kappa shape index (κ3) is 4.18. The van der Waals surface area contributed by atoms with E-state index >= 15 is 0 Å². The standard InChI is InChI=1S/C26H29FN8O2/c1-14-8-17-21(22(27)31-23(17)28-11-14)37-16-9-18-24(29-12-16)32-25(34(18)5)30-20-10-19(26(2,3)4)35(33-20)15-6-7-36-13-15/h8-12,15H,6-7,13H2,1-5H3,(H,28,31)(H,29,30,32,33). The smallest absolute Gasteiger partial charge is 0.236 e. The first-order valence-electron chi connectivity index (χ1n) is 12.3. The van der Waals surface area contributed by atoms with Crippen LogP contribution in [0.25, 0.3) is 22.2 Å². The molecule has 0 spiro atoms. The van der Waals surface area contributed by atoms with Crippen molar-refractivity contribution in [2.24, 2.45) is 7.05 Å². The molecule has 0 saturated carbocycles. The summed E-state index contributed by atoms with van der Waals surface area (Å²) in [5.41, 5.74) is 3.65. The molecule has 5 aromatic rings. The van der Waals surface area contributed by atoms with Crippen LogP contribution in [-0.4, -0.2) is 47.5 Å². The Morgan fingerprint density at radius 2 is 2.03 bits per heavy atom. The molecular formula is C26H29FN8O2. The van der Waals surface area contributed by atoms with Crippen molar-refractivity contribution in [3.05, 3.63) is 47.8 Å². The summed E-state index contributed by atoms with van der Waals surface area (Å²) in [7, 11) is 1.88. The number of aromatic amines is 1. The summed E-state index contributed by atoms with van der Waals surface area (Å²) in [5, 5.41) is 8.77. The number of nitrogens with zero attached hydrogens (tertiary/aromatic N) is 6. The Balaban J connectivity index is 1.31. The van der Waals surface area contributed by atoms with Crippen LogP contribution in [0.1, 0.15) is 44.5 Å². The third-order valence-corrected chi connectivity index (χ3v) is 6.63. The van der Waals surface area contributed by atoms with E-state index in [0.29, 0.717) is 40.8 Å². The molecule has 0 radical (unpaired) electrons. The number of ether oxygens (including phenoxy) is 2. The van der Waals surface area contributed by atoms with Gasteiger partial charge in [0.25, 0.3) is 0 Å². The van der Waals surface area contributed by atoms with E-state index in [2.05, 4.69) is 56.8 Å². The van der Waals surface area contributed by atoms with Crippen LogP contribution in [-0.2, 0) is 17.2 Å². The number of aryl methyl sites for hydroxylation is 2. The average molecular weight is 505 g/mol. The number of imidazole rings is 1. The number of anilines is 2. The Morgan fingerprint density at radius 3 is 2.78 bits per heavy atom. The van der Waals surface area contributed by atoms with Crippen molar-refractivity contribution in [3.8, 4) is 11.5 Å². The molecule has 1 atom stereocenters. The van der Waals surface area contributed by atoms with Crippen LogP contribution in [0.2, 0.25) is 0 Å². The fourth-order valence-electron chi connectivity index (χ4n) is 4.68. The number of fused-ring (bicyclic) bond motifs is 2. The van der Waals surface area contributed by atoms with Crippen molar-refractivity contribution >= 4 is 34.0 Å². The Hall–Kier alpha value is -3.99. The first-order valence-corrected chi connectivity index (χ1v) is 12.3. The highest BCUT2D eigenvalue weighted by Gasteiger charge is 2.28. The lowest BCUT2D eigenvalue weighted by molar-refractivity contribution is 0.183. The molecule has 37 heavy (non-hydrogen) atoms. The third-order valence-electron chi connectivity index (χ3n) is 6.63. The second kappa shape index (κ2) is 8.55. The van der Waals surface area contributed by atoms with Gasteiger partial charge in [0, 0.05) is 43.1 Å². The lowest BCUT2D eigenvalue weighted by atomic mass is 9.91. The maximum Gasteiger partial charge on any atom is 0.236 e. The van der Waals surface area contributed by atoms with Crippen molar-refractivity contribution in [2.45, 2.75) is 45.6 Å². The van der Waals surface area contributed by atoms with Crippen molar-refractivity contribution < 1.29 is 13.9 Å². The molecule has 0 amide bonds. The van der Waals surface area contributed by atoms with Crippen LogP contribution in [0.4, 0.5) is 16.2 Å². The molecule has 1 aliphatic heterocycles. The summed E-state index contributed by atoms with van der Waals surface area (Å²) < 4.78 is 30.1. The normalized spacial score (nSPS) is 16.2. The fraction of sp³-hybridized carbons (Fsp3) is 0.385. The summed E-state index contributed by atoms with van der Waals surface area (Å²) in [6.07, 6.45) is 4.15. The van der Waals surface area contributed by atoms with Crippen molar-refractivity contribution in [3.63, 3.8) is 0 Å². The van der Waals surface area contributed by atoms with Gasteiger partial charge in [-0.15, -0.1) is 0 Å². The maximum absolute atomic E-state index is 14.6. The highest BCUT2D eigenvalue weighted by Crippen LogP contribution is 2.34. The molecule has 6 heterocycles. The lowest BCUT2D eigenvalue weighted by Crippen LogP contribution is -2.22. The molecule has 0 aromatic carbocycles. The SMILES string of the molecule is Cc1cnc2[nH]c(F)c(Oc3cnc4nc(Nc5cc(C(C)(C)C)n(C6CCOC6)n5)n(C)c4c3)c2c1. The highest BCUT2D eigenvalue weighted by molar-refractivity contribution is 5.84. The fourth-order valence-corrected chi connectivity index (χ4v) is 4.68. The van der Waals surface area contributed by atoms with Gasteiger partial charge in [0.15, 0.2) is 17.2 Å². The van der Waals surface area contributed by atoms with Gasteiger partial charge in [-0.25, -0.2) is 9.97 Å². The van der Waals surface area contributed by atoms with Crippen molar-refractivity contribution in [1.29, 1.82) is 0 Å². The Bertz CT molecular complexity index is 1620. The minimum atomic E-state index is -0.585. The summed E-state index contributed by atoms with van der Waals surface area (Å²) >= 11 is 0. The van der Waals surface area contributed by atoms with Gasteiger partial charge >= 0.3 is 0 Å². The topological polar surface area (TPSA) is 108 Å². The number of rotatable bonds is 5. The molecule has 1 unspecified atom stereocenters. The largest absolute Gasteiger partial charge is 0.450 e. The molecule has 11 heteroatoms. The molecular weight excluding hydrogens is 475 g/mol. The second-order valence-electron chi connectivity index (χ2n) is 10.5. The predicted molar refractivity (Wildman–Crippen MR) is 138 cm³/mol. The van der Waals surface area contributed by atoms with Crippen LogP contribution in [0, 0.1) is 12.9 Å². The van der Waals surface area contributed by atoms with E-state index in [0.717, 1.165) is 29.8 Å². The van der Waals surface area contributed by atoms with Crippen LogP contribution in [0.3, 0.4) is 0 Å². The molecule has 5 aromatic heterocycles. The number of nitrogens with one attached hydrogen (secondary N) is 2. The minimum Gasteiger partial charge on any atom is -0.450 e. The summed E-state index contributed by atoms with van der Waals surface area (Å²) in [5.74, 6) is 1.19. The van der Waals surface area contributed by atoms with Crippen LogP contribution in [0.5, 0.6) is 11.5 Å². The number of pyridine rings is 2. The van der Waals surface area contributed by atoms with E-state index in [1.807, 2.05) is 24.6 Å². The molecule has 0 bridgehead atoms. The molecule has 10 nitrogen and oxygen atoms in total. The van der Waals surface area contributed by atoms with Crippen LogP contribution >= 0.6 is 0 Å². The van der Waals surface area contributed by atoms with E-state index in [9.17, 15) is 4.39 Å². The molecule has 1 aliphatic rings. The first kappa shape index (κ1) is 23.4. The number of hydrogen-bond acceptors (Lipinski definition) is 7. The number of hydrogen-bond donors (Lipinski definition) is 2. The zero-order valence-electron chi connectivity index (χ0n) is 21.5. The Kier molecular flexibility index (Phi) is 5.41. The average Bonchev–Trinajstić information content (AvgIpc) is 3.62. The van der Waals surface area contributed by atoms with Gasteiger partial charge in [0.05, 0.1) is 29.7 Å². The van der Waals surface area contributed by atoms with Gasteiger partial charge in [-0.1, -0.05) is 20.8 Å². The molecule has 2 N–H and O–H groups in total. The second-order valence-corrected chi connectivity index (χ2v) is 10.5. The summed E-state index contributed by atoms with van der Waals surface area (Å²) in [4.78, 5) is 15.9. The molecule has 1 fully saturated rings. The maximum atomic E-state index is 14.6. The molecule has 192 valence electrons. The number of aromatic nitrogens is 7. The van der Waals surface area contributed by atoms with E-state index in [4.69, 9.17) is 14.6 Å².